The first-order valence-electron chi connectivity index (χ1n) is 5.25. The van der Waals surface area contributed by atoms with Crippen molar-refractivity contribution in [3.05, 3.63) is 52.0 Å². The normalized spacial score (nSPS) is 12.7. The summed E-state index contributed by atoms with van der Waals surface area (Å²) in [6.07, 6.45) is 2.29. The molecule has 3 nitrogen and oxygen atoms in total. The number of nitrogens with two attached hydrogens (primary N) is 1. The quantitative estimate of drug-likeness (QED) is 0.946. The molecule has 1 heterocycles. The first-order valence-corrected chi connectivity index (χ1v) is 6.04. The van der Waals surface area contributed by atoms with Crippen LogP contribution in [0.4, 0.5) is 4.39 Å². The van der Waals surface area contributed by atoms with E-state index in [2.05, 4.69) is 21.0 Å². The van der Waals surface area contributed by atoms with Crippen LogP contribution in [0.3, 0.4) is 0 Å². The second kappa shape index (κ2) is 4.98. The Kier molecular flexibility index (Phi) is 3.59. The zero-order valence-electron chi connectivity index (χ0n) is 9.40. The van der Waals surface area contributed by atoms with Crippen molar-refractivity contribution < 1.29 is 4.39 Å². The summed E-state index contributed by atoms with van der Waals surface area (Å²) >= 11 is 3.41. The van der Waals surface area contributed by atoms with E-state index in [-0.39, 0.29) is 11.9 Å². The van der Waals surface area contributed by atoms with E-state index in [0.717, 1.165) is 15.7 Å². The van der Waals surface area contributed by atoms with E-state index < -0.39 is 0 Å². The predicted octanol–water partition coefficient (Wildman–Crippen LogP) is 2.56. The van der Waals surface area contributed by atoms with Crippen molar-refractivity contribution in [2.75, 3.05) is 0 Å². The maximum Gasteiger partial charge on any atom is 0.123 e. The smallest absolute Gasteiger partial charge is 0.123 e. The van der Waals surface area contributed by atoms with E-state index in [4.69, 9.17) is 5.73 Å². The molecule has 0 fully saturated rings. The summed E-state index contributed by atoms with van der Waals surface area (Å²) in [7, 11) is 1.84. The van der Waals surface area contributed by atoms with Crippen molar-refractivity contribution in [3.63, 3.8) is 0 Å². The first-order chi connectivity index (χ1) is 8.08. The molecule has 0 amide bonds. The van der Waals surface area contributed by atoms with Gasteiger partial charge in [-0.1, -0.05) is 12.1 Å². The van der Waals surface area contributed by atoms with Crippen molar-refractivity contribution >= 4 is 15.9 Å². The van der Waals surface area contributed by atoms with Gasteiger partial charge in [0.2, 0.25) is 0 Å². The molecule has 0 aliphatic carbocycles. The van der Waals surface area contributed by atoms with Crippen LogP contribution in [0.25, 0.3) is 0 Å². The lowest BCUT2D eigenvalue weighted by Gasteiger charge is -2.13. The molecule has 0 aliphatic heterocycles. The summed E-state index contributed by atoms with van der Waals surface area (Å²) in [5, 5.41) is 4.11. The molecule has 0 aliphatic rings. The van der Waals surface area contributed by atoms with Gasteiger partial charge < -0.3 is 5.73 Å². The summed E-state index contributed by atoms with van der Waals surface area (Å²) in [4.78, 5) is 0. The number of aryl methyl sites for hydroxylation is 1. The van der Waals surface area contributed by atoms with Gasteiger partial charge in [-0.3, -0.25) is 4.68 Å². The Balaban J connectivity index is 2.20. The summed E-state index contributed by atoms with van der Waals surface area (Å²) in [5.74, 6) is -0.237. The van der Waals surface area contributed by atoms with Gasteiger partial charge in [0.05, 0.1) is 22.4 Å². The van der Waals surface area contributed by atoms with Gasteiger partial charge in [0.15, 0.2) is 0 Å². The lowest BCUT2D eigenvalue weighted by Crippen LogP contribution is -2.17. The molecule has 1 atom stereocenters. The lowest BCUT2D eigenvalue weighted by atomic mass is 10.0. The highest BCUT2D eigenvalue weighted by atomic mass is 79.9. The first kappa shape index (κ1) is 12.3. The van der Waals surface area contributed by atoms with Gasteiger partial charge >= 0.3 is 0 Å². The molecule has 0 spiro atoms. The topological polar surface area (TPSA) is 43.8 Å². The molecule has 90 valence electrons. The summed E-state index contributed by atoms with van der Waals surface area (Å²) < 4.78 is 15.7. The van der Waals surface area contributed by atoms with Crippen molar-refractivity contribution in [2.45, 2.75) is 12.5 Å². The molecular weight excluding hydrogens is 285 g/mol. The Bertz CT molecular complexity index is 505. The fourth-order valence-corrected chi connectivity index (χ4v) is 2.49. The molecule has 0 saturated heterocycles. The second-order valence-electron chi connectivity index (χ2n) is 3.94. The molecule has 1 unspecified atom stereocenters. The zero-order valence-corrected chi connectivity index (χ0v) is 11.0. The predicted molar refractivity (Wildman–Crippen MR) is 67.9 cm³/mol. The molecule has 5 heteroatoms. The molecule has 2 aromatic rings. The van der Waals surface area contributed by atoms with Crippen LogP contribution >= 0.6 is 15.9 Å². The van der Waals surface area contributed by atoms with Gasteiger partial charge in [0, 0.05) is 7.05 Å². The molecule has 0 saturated carbocycles. The second-order valence-corrected chi connectivity index (χ2v) is 4.80. The molecule has 2 rings (SSSR count). The van der Waals surface area contributed by atoms with E-state index in [1.54, 1.807) is 16.9 Å². The zero-order chi connectivity index (χ0) is 12.4. The fraction of sp³-hybridized carbons (Fsp3) is 0.250. The molecule has 0 radical (unpaired) electrons. The Morgan fingerprint density at radius 3 is 2.88 bits per heavy atom. The van der Waals surface area contributed by atoms with Gasteiger partial charge in [-0.05, 0) is 40.0 Å². The minimum atomic E-state index is -0.237. The van der Waals surface area contributed by atoms with Crippen LogP contribution in [0.1, 0.15) is 17.3 Å². The van der Waals surface area contributed by atoms with Crippen LogP contribution in [-0.4, -0.2) is 9.78 Å². The Morgan fingerprint density at radius 1 is 1.53 bits per heavy atom. The van der Waals surface area contributed by atoms with Gasteiger partial charge in [0.1, 0.15) is 5.82 Å². The monoisotopic (exact) mass is 297 g/mol. The molecule has 1 aromatic heterocycles. The van der Waals surface area contributed by atoms with E-state index in [9.17, 15) is 4.39 Å². The van der Waals surface area contributed by atoms with Crippen LogP contribution < -0.4 is 5.73 Å². The number of halogens is 2. The third kappa shape index (κ3) is 2.73. The SMILES string of the molecule is Cn1ncc(Br)c1C(N)Cc1cccc(F)c1. The lowest BCUT2D eigenvalue weighted by molar-refractivity contribution is 0.603. The number of hydrogen-bond acceptors (Lipinski definition) is 2. The van der Waals surface area contributed by atoms with Gasteiger partial charge in [0.25, 0.3) is 0 Å². The van der Waals surface area contributed by atoms with Crippen molar-refractivity contribution in [3.8, 4) is 0 Å². The number of rotatable bonds is 3. The largest absolute Gasteiger partial charge is 0.322 e. The standard InChI is InChI=1S/C12H13BrFN3/c1-17-12(10(13)7-16-17)11(15)6-8-3-2-4-9(14)5-8/h2-5,7,11H,6,15H2,1H3. The van der Waals surface area contributed by atoms with Crippen molar-refractivity contribution in [2.24, 2.45) is 12.8 Å². The molecule has 2 N–H and O–H groups in total. The number of hydrogen-bond donors (Lipinski definition) is 1. The highest BCUT2D eigenvalue weighted by molar-refractivity contribution is 9.10. The third-order valence-corrected chi connectivity index (χ3v) is 3.24. The number of benzene rings is 1. The highest BCUT2D eigenvalue weighted by Crippen LogP contribution is 2.23. The third-order valence-electron chi connectivity index (χ3n) is 2.63. The molecular formula is C12H13BrFN3. The van der Waals surface area contributed by atoms with Crippen molar-refractivity contribution in [1.29, 1.82) is 0 Å². The highest BCUT2D eigenvalue weighted by Gasteiger charge is 2.15. The van der Waals surface area contributed by atoms with Crippen LogP contribution in [0, 0.1) is 5.82 Å². The van der Waals surface area contributed by atoms with Crippen LogP contribution in [0.2, 0.25) is 0 Å². The van der Waals surface area contributed by atoms with Gasteiger partial charge in [-0.25, -0.2) is 4.39 Å². The van der Waals surface area contributed by atoms with Crippen LogP contribution in [0.5, 0.6) is 0 Å². The van der Waals surface area contributed by atoms with Crippen molar-refractivity contribution in [1.82, 2.24) is 9.78 Å². The average Bonchev–Trinajstić information content (AvgIpc) is 2.58. The minimum Gasteiger partial charge on any atom is -0.322 e. The summed E-state index contributed by atoms with van der Waals surface area (Å²) in [6, 6.07) is 6.28. The van der Waals surface area contributed by atoms with Gasteiger partial charge in [-0.15, -0.1) is 0 Å². The maximum atomic E-state index is 13.1. The van der Waals surface area contributed by atoms with E-state index in [0.29, 0.717) is 6.42 Å². The minimum absolute atomic E-state index is 0.210. The number of nitrogens with zero attached hydrogens (tertiary/aromatic N) is 2. The molecule has 1 aromatic carbocycles. The van der Waals surface area contributed by atoms with E-state index >= 15 is 0 Å². The Morgan fingerprint density at radius 2 is 2.29 bits per heavy atom. The van der Waals surface area contributed by atoms with E-state index in [1.807, 2.05) is 13.1 Å². The Hall–Kier alpha value is -1.20. The van der Waals surface area contributed by atoms with Crippen LogP contribution in [-0.2, 0) is 13.5 Å². The number of aromatic nitrogens is 2. The van der Waals surface area contributed by atoms with Gasteiger partial charge in [-0.2, -0.15) is 5.10 Å². The average molecular weight is 298 g/mol. The summed E-state index contributed by atoms with van der Waals surface area (Å²) in [6.45, 7) is 0. The molecule has 17 heavy (non-hydrogen) atoms. The maximum absolute atomic E-state index is 13.1. The molecule has 0 bridgehead atoms. The Labute approximate surface area is 108 Å². The van der Waals surface area contributed by atoms with E-state index in [1.165, 1.54) is 12.1 Å². The fourth-order valence-electron chi connectivity index (χ4n) is 1.85. The summed E-state index contributed by atoms with van der Waals surface area (Å²) in [5.41, 5.74) is 7.90. The van der Waals surface area contributed by atoms with Crippen LogP contribution in [0.15, 0.2) is 34.9 Å².